The van der Waals surface area contributed by atoms with E-state index in [2.05, 4.69) is 39.9 Å². The first-order valence-electron chi connectivity index (χ1n) is 18.3. The summed E-state index contributed by atoms with van der Waals surface area (Å²) in [6.07, 6.45) is -7.14. The number of alkyl halides is 6. The highest BCUT2D eigenvalue weighted by Gasteiger charge is 2.37. The van der Waals surface area contributed by atoms with Gasteiger partial charge in [-0.1, -0.05) is 0 Å². The zero-order valence-electron chi connectivity index (χ0n) is 31.9. The third-order valence-electron chi connectivity index (χ3n) is 9.34. The van der Waals surface area contributed by atoms with Gasteiger partial charge in [0, 0.05) is 64.8 Å². The van der Waals surface area contributed by atoms with E-state index in [-0.39, 0.29) is 59.2 Å². The van der Waals surface area contributed by atoms with Crippen LogP contribution in [0.1, 0.15) is 11.1 Å². The molecule has 4 aliphatic heterocycles. The SMILES string of the molecule is Cl.Cl.Nc1cc(C(F)(F)F)c(-c2nc(N3CCOCC3)nc(N3CCOCC3)n2)cn1.Nc1cc(C(F)(F)F)c(-c2nc(N3CCOCC3)nc(N3CCOCC3)n2)cn1. The Morgan fingerprint density at radius 2 is 0.683 bits per heavy atom. The number of hydrogen-bond donors (Lipinski definition) is 2. The lowest BCUT2D eigenvalue weighted by Gasteiger charge is -2.30. The summed E-state index contributed by atoms with van der Waals surface area (Å²) in [5.74, 6) is 0.600. The summed E-state index contributed by atoms with van der Waals surface area (Å²) in [4.78, 5) is 41.5. The van der Waals surface area contributed by atoms with Crippen molar-refractivity contribution < 1.29 is 45.3 Å². The predicted octanol–water partition coefficient (Wildman–Crippen LogP) is 3.26. The number of halogens is 8. The van der Waals surface area contributed by atoms with Gasteiger partial charge >= 0.3 is 12.4 Å². The number of nitrogens with two attached hydrogens (primary N) is 2. The normalized spacial score (nSPS) is 17.6. The smallest absolute Gasteiger partial charge is 0.384 e. The van der Waals surface area contributed by atoms with Crippen molar-refractivity contribution >= 4 is 60.2 Å². The summed E-state index contributed by atoms with van der Waals surface area (Å²) in [6, 6.07) is 1.59. The highest BCUT2D eigenvalue weighted by molar-refractivity contribution is 5.85. The van der Waals surface area contributed by atoms with E-state index in [9.17, 15) is 26.3 Å². The Bertz CT molecular complexity index is 1820. The molecule has 4 fully saturated rings. The average Bonchev–Trinajstić information content (AvgIpc) is 3.24. The quantitative estimate of drug-likeness (QED) is 0.267. The van der Waals surface area contributed by atoms with Gasteiger partial charge in [0.2, 0.25) is 23.8 Å². The molecular weight excluding hydrogens is 853 g/mol. The lowest BCUT2D eigenvalue weighted by molar-refractivity contribution is -0.137. The summed E-state index contributed by atoms with van der Waals surface area (Å²) in [5, 5.41) is 0. The van der Waals surface area contributed by atoms with Crippen LogP contribution in [0.15, 0.2) is 24.5 Å². The van der Waals surface area contributed by atoms with Gasteiger partial charge in [-0.2, -0.15) is 56.2 Å². The largest absolute Gasteiger partial charge is 0.417 e. The highest BCUT2D eigenvalue weighted by Crippen LogP contribution is 2.38. The molecule has 0 unspecified atom stereocenters. The average molecular weight is 896 g/mol. The van der Waals surface area contributed by atoms with Crippen LogP contribution in [0, 0.1) is 0 Å². The fourth-order valence-corrected chi connectivity index (χ4v) is 6.34. The fraction of sp³-hybridized carbons (Fsp3) is 0.529. The Kier molecular flexibility index (Phi) is 15.5. The Hall–Kier alpha value is -4.88. The molecule has 4 saturated heterocycles. The summed E-state index contributed by atoms with van der Waals surface area (Å²) in [7, 11) is 0. The first-order valence-corrected chi connectivity index (χ1v) is 18.3. The van der Waals surface area contributed by atoms with E-state index in [1.165, 1.54) is 0 Å². The minimum Gasteiger partial charge on any atom is -0.384 e. The van der Waals surface area contributed by atoms with E-state index >= 15 is 0 Å². The van der Waals surface area contributed by atoms with Gasteiger partial charge in [-0.15, -0.1) is 24.8 Å². The van der Waals surface area contributed by atoms with Crippen LogP contribution in [0.25, 0.3) is 22.8 Å². The van der Waals surface area contributed by atoms with Crippen molar-refractivity contribution in [1.29, 1.82) is 0 Å². The number of aromatic nitrogens is 8. The highest BCUT2D eigenvalue weighted by atomic mass is 35.5. The van der Waals surface area contributed by atoms with Gasteiger partial charge in [0.15, 0.2) is 11.6 Å². The summed E-state index contributed by atoms with van der Waals surface area (Å²) >= 11 is 0. The molecule has 0 aliphatic carbocycles. The maximum Gasteiger partial charge on any atom is 0.417 e. The molecule has 0 radical (unpaired) electrons. The molecular formula is C34H42Cl2F6N14O4. The fourth-order valence-electron chi connectivity index (χ4n) is 6.34. The zero-order valence-corrected chi connectivity index (χ0v) is 33.5. The minimum atomic E-state index is -4.63. The standard InChI is InChI=1S/2C17H20F3N7O2.2ClH/c2*18-17(19,20)12-9-13(21)22-10-11(12)14-23-15(26-1-5-28-6-2-26)25-16(24-14)27-3-7-29-8-4-27;;/h2*9-10H,1-8H2,(H2,21,22);2*1H. The van der Waals surface area contributed by atoms with Crippen molar-refractivity contribution in [1.82, 2.24) is 39.9 Å². The van der Waals surface area contributed by atoms with Crippen molar-refractivity contribution in [2.45, 2.75) is 12.4 Å². The lowest BCUT2D eigenvalue weighted by atomic mass is 10.1. The number of ether oxygens (including phenoxy) is 4. The topological polar surface area (TPSA) is 205 Å². The second-order valence-electron chi connectivity index (χ2n) is 13.2. The predicted molar refractivity (Wildman–Crippen MR) is 212 cm³/mol. The molecule has 4 aromatic rings. The van der Waals surface area contributed by atoms with Gasteiger partial charge < -0.3 is 50.0 Å². The number of morpholine rings is 4. The maximum absolute atomic E-state index is 13.6. The number of pyridine rings is 2. The molecule has 0 amide bonds. The molecule has 328 valence electrons. The van der Waals surface area contributed by atoms with E-state index in [1.807, 2.05) is 19.6 Å². The molecule has 4 aliphatic rings. The van der Waals surface area contributed by atoms with Gasteiger partial charge in [-0.05, 0) is 12.1 Å². The number of rotatable bonds is 6. The monoisotopic (exact) mass is 894 g/mol. The van der Waals surface area contributed by atoms with E-state index in [0.29, 0.717) is 129 Å². The van der Waals surface area contributed by atoms with Crippen molar-refractivity contribution in [3.63, 3.8) is 0 Å². The molecule has 4 N–H and O–H groups in total. The zero-order chi connectivity index (χ0) is 40.9. The first kappa shape index (κ1) is 46.2. The molecule has 8 rings (SSSR count). The van der Waals surface area contributed by atoms with Crippen LogP contribution in [0.4, 0.5) is 61.8 Å². The van der Waals surface area contributed by atoms with Gasteiger partial charge in [-0.25, -0.2) is 9.97 Å². The first-order chi connectivity index (χ1) is 27.8. The van der Waals surface area contributed by atoms with Crippen LogP contribution >= 0.6 is 24.8 Å². The van der Waals surface area contributed by atoms with Crippen molar-refractivity contribution in [3.8, 4) is 22.8 Å². The third-order valence-corrected chi connectivity index (χ3v) is 9.34. The number of nitrogens with zero attached hydrogens (tertiary/aromatic N) is 12. The van der Waals surface area contributed by atoms with Gasteiger partial charge in [-0.3, -0.25) is 0 Å². The molecule has 0 bridgehead atoms. The maximum atomic E-state index is 13.6. The van der Waals surface area contributed by atoms with Gasteiger partial charge in [0.25, 0.3) is 0 Å². The lowest BCUT2D eigenvalue weighted by Crippen LogP contribution is -2.40. The van der Waals surface area contributed by atoms with Gasteiger partial charge in [0.05, 0.1) is 75.1 Å². The van der Waals surface area contributed by atoms with Crippen LogP contribution in [0.3, 0.4) is 0 Å². The van der Waals surface area contributed by atoms with E-state index < -0.39 is 23.5 Å². The number of nitrogen functional groups attached to an aromatic ring is 2. The summed E-state index contributed by atoms with van der Waals surface area (Å²) in [5.41, 5.74) is 8.63. The van der Waals surface area contributed by atoms with E-state index in [4.69, 9.17) is 30.4 Å². The summed E-state index contributed by atoms with van der Waals surface area (Å²) < 4.78 is 103. The van der Waals surface area contributed by atoms with Crippen LogP contribution in [0.5, 0.6) is 0 Å². The second kappa shape index (κ2) is 20.1. The van der Waals surface area contributed by atoms with Crippen LogP contribution in [0.2, 0.25) is 0 Å². The minimum absolute atomic E-state index is 0. The van der Waals surface area contributed by atoms with Crippen molar-refractivity contribution in [2.24, 2.45) is 0 Å². The Morgan fingerprint density at radius 3 is 0.917 bits per heavy atom. The van der Waals surface area contributed by atoms with Crippen LogP contribution in [-0.2, 0) is 31.3 Å². The second-order valence-corrected chi connectivity index (χ2v) is 13.2. The van der Waals surface area contributed by atoms with E-state index in [1.54, 1.807) is 0 Å². The van der Waals surface area contributed by atoms with Gasteiger partial charge in [0.1, 0.15) is 11.6 Å². The summed E-state index contributed by atoms with van der Waals surface area (Å²) in [6.45, 7) is 8.25. The Labute approximate surface area is 351 Å². The van der Waals surface area contributed by atoms with Crippen LogP contribution in [-0.4, -0.2) is 145 Å². The Morgan fingerprint density at radius 1 is 0.433 bits per heavy atom. The molecule has 0 aromatic carbocycles. The van der Waals surface area contributed by atoms with Crippen LogP contribution < -0.4 is 31.1 Å². The molecule has 18 nitrogen and oxygen atoms in total. The third kappa shape index (κ3) is 11.3. The molecule has 0 atom stereocenters. The van der Waals surface area contributed by atoms with E-state index in [0.717, 1.165) is 24.5 Å². The molecule has 0 saturated carbocycles. The molecule has 8 heterocycles. The number of hydrogen-bond acceptors (Lipinski definition) is 18. The van der Waals surface area contributed by atoms with Crippen molar-refractivity contribution in [3.05, 3.63) is 35.7 Å². The molecule has 4 aromatic heterocycles. The van der Waals surface area contributed by atoms with Crippen molar-refractivity contribution in [2.75, 3.05) is 136 Å². The number of anilines is 6. The molecule has 60 heavy (non-hydrogen) atoms. The Balaban J connectivity index is 0.000000220. The molecule has 0 spiro atoms. The molecule has 26 heteroatoms.